The van der Waals surface area contributed by atoms with E-state index < -0.39 is 17.8 Å². The Morgan fingerprint density at radius 1 is 1.35 bits per heavy atom. The van der Waals surface area contributed by atoms with Crippen LogP contribution in [0, 0.1) is 0 Å². The van der Waals surface area contributed by atoms with Gasteiger partial charge in [0.15, 0.2) is 6.29 Å². The maximum Gasteiger partial charge on any atom is 0.264 e. The number of pyridine rings is 2. The van der Waals surface area contributed by atoms with Crippen molar-refractivity contribution in [3.05, 3.63) is 40.3 Å². The fourth-order valence-corrected chi connectivity index (χ4v) is 2.27. The van der Waals surface area contributed by atoms with Gasteiger partial charge >= 0.3 is 0 Å². The number of aryl methyl sites for hydroxylation is 1. The van der Waals surface area contributed by atoms with Gasteiger partial charge in [-0.15, -0.1) is 0 Å². The minimum Gasteiger partial charge on any atom is -0.351 e. The first kappa shape index (κ1) is 17.1. The van der Waals surface area contributed by atoms with E-state index in [1.807, 2.05) is 19.9 Å². The van der Waals surface area contributed by atoms with E-state index in [-0.39, 0.29) is 12.1 Å². The Kier molecular flexibility index (Phi) is 5.84. The van der Waals surface area contributed by atoms with Gasteiger partial charge in [-0.1, -0.05) is 0 Å². The molecule has 23 heavy (non-hydrogen) atoms. The molecule has 7 heteroatoms. The zero-order valence-electron chi connectivity index (χ0n) is 13.5. The summed E-state index contributed by atoms with van der Waals surface area (Å²) in [6.07, 6.45) is 1.08. The standard InChI is InChI=1S/C16H21N3O4/c1-4-22-13(23-5-2)10-18-15(20)12-9-11-7-6-8-17-14(11)19(3)16(12)21/h6-9,13H,4-5,10H2,1-3H3,(H,18,20). The summed E-state index contributed by atoms with van der Waals surface area (Å²) in [6, 6.07) is 5.12. The van der Waals surface area contributed by atoms with Crippen molar-refractivity contribution in [3.63, 3.8) is 0 Å². The van der Waals surface area contributed by atoms with Gasteiger partial charge in [-0.3, -0.25) is 14.2 Å². The van der Waals surface area contributed by atoms with Gasteiger partial charge in [-0.2, -0.15) is 0 Å². The van der Waals surface area contributed by atoms with Gasteiger partial charge < -0.3 is 14.8 Å². The summed E-state index contributed by atoms with van der Waals surface area (Å²) < 4.78 is 12.1. The number of rotatable bonds is 7. The van der Waals surface area contributed by atoms with Gasteiger partial charge in [-0.05, 0) is 32.0 Å². The van der Waals surface area contributed by atoms with Crippen LogP contribution in [-0.2, 0) is 16.5 Å². The Morgan fingerprint density at radius 3 is 2.70 bits per heavy atom. The summed E-state index contributed by atoms with van der Waals surface area (Å²) in [4.78, 5) is 28.8. The molecule has 0 atom stereocenters. The molecule has 2 aromatic heterocycles. The van der Waals surface area contributed by atoms with Crippen LogP contribution in [-0.4, -0.2) is 41.5 Å². The van der Waals surface area contributed by atoms with Gasteiger partial charge in [0.05, 0.1) is 6.54 Å². The number of ether oxygens (including phenoxy) is 2. The highest BCUT2D eigenvalue weighted by Gasteiger charge is 2.16. The average molecular weight is 319 g/mol. The minimum absolute atomic E-state index is 0.0692. The number of carbonyl (C=O) groups is 1. The lowest BCUT2D eigenvalue weighted by Crippen LogP contribution is -2.38. The van der Waals surface area contributed by atoms with E-state index in [9.17, 15) is 9.59 Å². The number of hydrogen-bond donors (Lipinski definition) is 1. The molecule has 2 rings (SSSR count). The van der Waals surface area contributed by atoms with Gasteiger partial charge in [0.2, 0.25) is 0 Å². The van der Waals surface area contributed by atoms with Crippen LogP contribution in [0.15, 0.2) is 29.2 Å². The lowest BCUT2D eigenvalue weighted by Gasteiger charge is -2.17. The average Bonchev–Trinajstić information content (AvgIpc) is 2.56. The summed E-state index contributed by atoms with van der Waals surface area (Å²) in [5, 5.41) is 3.41. The topological polar surface area (TPSA) is 82.5 Å². The first-order chi connectivity index (χ1) is 11.1. The normalized spacial score (nSPS) is 11.1. The lowest BCUT2D eigenvalue weighted by molar-refractivity contribution is -0.131. The van der Waals surface area contributed by atoms with E-state index in [0.29, 0.717) is 18.9 Å². The second-order valence-corrected chi connectivity index (χ2v) is 4.89. The Morgan fingerprint density at radius 2 is 2.04 bits per heavy atom. The molecule has 0 aliphatic carbocycles. The van der Waals surface area contributed by atoms with Crippen molar-refractivity contribution in [1.29, 1.82) is 0 Å². The number of amides is 1. The number of nitrogens with one attached hydrogen (secondary N) is 1. The maximum absolute atomic E-state index is 12.3. The van der Waals surface area contributed by atoms with Crippen LogP contribution in [0.1, 0.15) is 24.2 Å². The smallest absolute Gasteiger partial charge is 0.264 e. The summed E-state index contributed by atoms with van der Waals surface area (Å²) in [5.74, 6) is -0.458. The monoisotopic (exact) mass is 319 g/mol. The summed E-state index contributed by atoms with van der Waals surface area (Å²) in [5.41, 5.74) is 0.216. The number of nitrogens with zero attached hydrogens (tertiary/aromatic N) is 2. The van der Waals surface area contributed by atoms with Gasteiger partial charge in [0, 0.05) is 31.8 Å². The van der Waals surface area contributed by atoms with Crippen molar-refractivity contribution in [2.24, 2.45) is 7.05 Å². The Labute approximate surface area is 134 Å². The predicted molar refractivity (Wildman–Crippen MR) is 86.4 cm³/mol. The van der Waals surface area contributed by atoms with Crippen LogP contribution in [0.3, 0.4) is 0 Å². The molecule has 124 valence electrons. The van der Waals surface area contributed by atoms with Crippen molar-refractivity contribution in [2.75, 3.05) is 19.8 Å². The first-order valence-electron chi connectivity index (χ1n) is 7.54. The van der Waals surface area contributed by atoms with Crippen LogP contribution in [0.25, 0.3) is 11.0 Å². The fraction of sp³-hybridized carbons (Fsp3) is 0.438. The molecule has 2 heterocycles. The van der Waals surface area contributed by atoms with E-state index in [0.717, 1.165) is 5.39 Å². The predicted octanol–water partition coefficient (Wildman–Crippen LogP) is 1.06. The molecule has 0 radical (unpaired) electrons. The Hall–Kier alpha value is -2.25. The van der Waals surface area contributed by atoms with Crippen LogP contribution in [0.4, 0.5) is 0 Å². The molecule has 0 aliphatic rings. The number of hydrogen-bond acceptors (Lipinski definition) is 5. The Bertz CT molecular complexity index is 736. The molecular weight excluding hydrogens is 298 g/mol. The fourth-order valence-electron chi connectivity index (χ4n) is 2.27. The minimum atomic E-state index is -0.528. The number of carbonyl (C=O) groups excluding carboxylic acids is 1. The molecule has 2 aromatic rings. The zero-order valence-corrected chi connectivity index (χ0v) is 13.5. The molecule has 7 nitrogen and oxygen atoms in total. The van der Waals surface area contributed by atoms with Crippen LogP contribution in [0.2, 0.25) is 0 Å². The molecule has 0 saturated carbocycles. The zero-order chi connectivity index (χ0) is 16.8. The first-order valence-corrected chi connectivity index (χ1v) is 7.54. The molecule has 0 aliphatic heterocycles. The SMILES string of the molecule is CCOC(CNC(=O)c1cc2cccnc2n(C)c1=O)OCC. The van der Waals surface area contributed by atoms with E-state index in [1.54, 1.807) is 25.4 Å². The second-order valence-electron chi connectivity index (χ2n) is 4.89. The second kappa shape index (κ2) is 7.85. The molecule has 1 N–H and O–H groups in total. The summed E-state index contributed by atoms with van der Waals surface area (Å²) in [6.45, 7) is 4.82. The molecule has 0 saturated heterocycles. The van der Waals surface area contributed by atoms with Crippen molar-refractivity contribution < 1.29 is 14.3 Å². The molecule has 0 unspecified atom stereocenters. The van der Waals surface area contributed by atoms with E-state index in [1.165, 1.54) is 4.57 Å². The highest BCUT2D eigenvalue weighted by atomic mass is 16.7. The molecule has 0 spiro atoms. The summed E-state index contributed by atoms with van der Waals surface area (Å²) in [7, 11) is 1.59. The van der Waals surface area contributed by atoms with Crippen LogP contribution < -0.4 is 10.9 Å². The molecule has 0 fully saturated rings. The van der Waals surface area contributed by atoms with Gasteiger partial charge in [0.1, 0.15) is 11.2 Å². The van der Waals surface area contributed by atoms with Gasteiger partial charge in [0.25, 0.3) is 11.5 Å². The molecule has 1 amide bonds. The van der Waals surface area contributed by atoms with Crippen molar-refractivity contribution in [3.8, 4) is 0 Å². The molecule has 0 bridgehead atoms. The quantitative estimate of drug-likeness (QED) is 0.772. The third-order valence-electron chi connectivity index (χ3n) is 3.35. The van der Waals surface area contributed by atoms with Crippen molar-refractivity contribution >= 4 is 16.9 Å². The van der Waals surface area contributed by atoms with Crippen molar-refractivity contribution in [2.45, 2.75) is 20.1 Å². The highest BCUT2D eigenvalue weighted by molar-refractivity contribution is 5.96. The molecular formula is C16H21N3O4. The van der Waals surface area contributed by atoms with E-state index in [2.05, 4.69) is 10.3 Å². The lowest BCUT2D eigenvalue weighted by atomic mass is 10.2. The van der Waals surface area contributed by atoms with E-state index >= 15 is 0 Å². The van der Waals surface area contributed by atoms with Crippen LogP contribution >= 0.6 is 0 Å². The van der Waals surface area contributed by atoms with E-state index in [4.69, 9.17) is 9.47 Å². The number of aromatic nitrogens is 2. The van der Waals surface area contributed by atoms with Gasteiger partial charge in [-0.25, -0.2) is 4.98 Å². The third-order valence-corrected chi connectivity index (χ3v) is 3.35. The van der Waals surface area contributed by atoms with Crippen molar-refractivity contribution in [1.82, 2.24) is 14.9 Å². The maximum atomic E-state index is 12.3. The number of fused-ring (bicyclic) bond motifs is 1. The third kappa shape index (κ3) is 3.94. The van der Waals surface area contributed by atoms with Crippen LogP contribution in [0.5, 0.6) is 0 Å². The summed E-state index contributed by atoms with van der Waals surface area (Å²) >= 11 is 0. The molecule has 0 aromatic carbocycles. The highest BCUT2D eigenvalue weighted by Crippen LogP contribution is 2.09. The Balaban J connectivity index is 2.21. The largest absolute Gasteiger partial charge is 0.351 e.